The Bertz CT molecular complexity index is 994. The smallest absolute Gasteiger partial charge is 0.338 e. The maximum Gasteiger partial charge on any atom is 0.338 e. The largest absolute Gasteiger partial charge is 0.493 e. The van der Waals surface area contributed by atoms with Crippen molar-refractivity contribution in [1.82, 2.24) is 16.2 Å². The summed E-state index contributed by atoms with van der Waals surface area (Å²) in [6.45, 7) is 6.37. The van der Waals surface area contributed by atoms with Gasteiger partial charge in [-0.2, -0.15) is 0 Å². The van der Waals surface area contributed by atoms with Gasteiger partial charge in [0.25, 0.3) is 11.8 Å². The molecule has 2 rings (SSSR count). The number of amides is 2. The van der Waals surface area contributed by atoms with Crippen molar-refractivity contribution < 1.29 is 28.6 Å². The van der Waals surface area contributed by atoms with Crippen molar-refractivity contribution in [3.8, 4) is 11.5 Å². The highest BCUT2D eigenvalue weighted by Crippen LogP contribution is 2.18. The van der Waals surface area contributed by atoms with Crippen LogP contribution in [0.25, 0.3) is 0 Å². The summed E-state index contributed by atoms with van der Waals surface area (Å²) in [4.78, 5) is 36.2. The summed E-state index contributed by atoms with van der Waals surface area (Å²) in [7, 11) is 0. The second kappa shape index (κ2) is 13.8. The fourth-order valence-corrected chi connectivity index (χ4v) is 2.74. The van der Waals surface area contributed by atoms with Crippen LogP contribution in [0, 0.1) is 5.92 Å². The van der Waals surface area contributed by atoms with Gasteiger partial charge in [0.1, 0.15) is 11.5 Å². The highest BCUT2D eigenvalue weighted by atomic mass is 32.1. The van der Waals surface area contributed by atoms with Crippen LogP contribution >= 0.6 is 12.2 Å². The number of hydrazine groups is 1. The number of nitrogens with one attached hydrogen (secondary N) is 3. The molecule has 0 spiro atoms. The Labute approximate surface area is 204 Å². The van der Waals surface area contributed by atoms with E-state index in [1.54, 1.807) is 55.5 Å². The summed E-state index contributed by atoms with van der Waals surface area (Å²) in [6, 6.07) is 13.0. The van der Waals surface area contributed by atoms with Crippen LogP contribution in [0.5, 0.6) is 11.5 Å². The minimum absolute atomic E-state index is 0.0888. The quantitative estimate of drug-likeness (QED) is 0.266. The average molecular weight is 488 g/mol. The molecule has 3 N–H and O–H groups in total. The molecule has 34 heavy (non-hydrogen) atoms. The van der Waals surface area contributed by atoms with Gasteiger partial charge in [0.05, 0.1) is 24.3 Å². The van der Waals surface area contributed by atoms with Gasteiger partial charge in [-0.15, -0.1) is 0 Å². The van der Waals surface area contributed by atoms with Crippen molar-refractivity contribution in [2.24, 2.45) is 5.92 Å². The van der Waals surface area contributed by atoms with E-state index in [4.69, 9.17) is 26.4 Å². The van der Waals surface area contributed by atoms with Crippen LogP contribution in [0.2, 0.25) is 0 Å². The number of hydrogen-bond donors (Lipinski definition) is 3. The van der Waals surface area contributed by atoms with Crippen molar-refractivity contribution in [3.63, 3.8) is 0 Å². The van der Waals surface area contributed by atoms with Crippen molar-refractivity contribution in [2.45, 2.75) is 27.2 Å². The molecule has 2 aromatic rings. The van der Waals surface area contributed by atoms with Crippen LogP contribution in [0.1, 0.15) is 47.9 Å². The molecule has 0 aromatic heterocycles. The highest BCUT2D eigenvalue weighted by Gasteiger charge is 2.14. The predicted octanol–water partition coefficient (Wildman–Crippen LogP) is 3.00. The van der Waals surface area contributed by atoms with Crippen LogP contribution in [0.4, 0.5) is 0 Å². The molecule has 10 heteroatoms. The maximum atomic E-state index is 12.6. The van der Waals surface area contributed by atoms with Crippen molar-refractivity contribution in [1.29, 1.82) is 0 Å². The van der Waals surface area contributed by atoms with Crippen LogP contribution in [0.15, 0.2) is 48.5 Å². The summed E-state index contributed by atoms with van der Waals surface area (Å²) in [5.41, 5.74) is 5.51. The summed E-state index contributed by atoms with van der Waals surface area (Å²) in [5, 5.41) is 2.41. The average Bonchev–Trinajstić information content (AvgIpc) is 2.82. The van der Waals surface area contributed by atoms with Gasteiger partial charge in [0.2, 0.25) is 0 Å². The molecule has 182 valence electrons. The Kier molecular flexibility index (Phi) is 10.8. The number of benzene rings is 2. The molecule has 0 radical (unpaired) electrons. The summed E-state index contributed by atoms with van der Waals surface area (Å²) in [5.74, 6) is -0.0954. The van der Waals surface area contributed by atoms with Crippen LogP contribution in [-0.2, 0) is 9.53 Å². The van der Waals surface area contributed by atoms with E-state index in [-0.39, 0.29) is 18.3 Å². The third-order valence-electron chi connectivity index (χ3n) is 4.36. The first-order chi connectivity index (χ1) is 16.3. The minimum atomic E-state index is -0.525. The first-order valence-corrected chi connectivity index (χ1v) is 11.2. The molecular weight excluding hydrogens is 458 g/mol. The molecule has 0 fully saturated rings. The number of thiocarbonyl (C=S) groups is 1. The number of rotatable bonds is 10. The number of esters is 1. The maximum absolute atomic E-state index is 12.6. The van der Waals surface area contributed by atoms with Gasteiger partial charge in [-0.3, -0.25) is 25.8 Å². The van der Waals surface area contributed by atoms with Crippen LogP contribution < -0.4 is 25.6 Å². The van der Waals surface area contributed by atoms with E-state index >= 15 is 0 Å². The van der Waals surface area contributed by atoms with E-state index in [0.29, 0.717) is 35.2 Å². The van der Waals surface area contributed by atoms with E-state index in [9.17, 15) is 14.4 Å². The first-order valence-electron chi connectivity index (χ1n) is 10.8. The number of para-hydroxylation sites is 1. The Morgan fingerprint density at radius 2 is 1.68 bits per heavy atom. The summed E-state index contributed by atoms with van der Waals surface area (Å²) in [6.07, 6.45) is 0.861. The Balaban J connectivity index is 1.77. The monoisotopic (exact) mass is 487 g/mol. The molecular formula is C24H29N3O6S. The van der Waals surface area contributed by atoms with Crippen LogP contribution in [0.3, 0.4) is 0 Å². The topological polar surface area (TPSA) is 115 Å². The van der Waals surface area contributed by atoms with E-state index in [2.05, 4.69) is 30.0 Å². The van der Waals surface area contributed by atoms with E-state index in [0.717, 1.165) is 6.42 Å². The van der Waals surface area contributed by atoms with E-state index < -0.39 is 17.8 Å². The lowest BCUT2D eigenvalue weighted by Crippen LogP contribution is -2.49. The van der Waals surface area contributed by atoms with Gasteiger partial charge in [-0.05, 0) is 67.9 Å². The Morgan fingerprint density at radius 1 is 0.971 bits per heavy atom. The molecule has 0 unspecified atom stereocenters. The second-order valence-electron chi connectivity index (χ2n) is 7.52. The molecule has 0 aliphatic carbocycles. The van der Waals surface area contributed by atoms with Gasteiger partial charge in [0.15, 0.2) is 11.7 Å². The molecule has 9 nitrogen and oxygen atoms in total. The van der Waals surface area contributed by atoms with Crippen molar-refractivity contribution >= 4 is 35.1 Å². The highest BCUT2D eigenvalue weighted by molar-refractivity contribution is 7.80. The molecule has 0 bridgehead atoms. The van der Waals surface area contributed by atoms with Gasteiger partial charge in [-0.25, -0.2) is 4.79 Å². The molecule has 2 amide bonds. The third kappa shape index (κ3) is 9.07. The number of hydrogen-bond acceptors (Lipinski definition) is 7. The van der Waals surface area contributed by atoms with Gasteiger partial charge in [0, 0.05) is 0 Å². The summed E-state index contributed by atoms with van der Waals surface area (Å²) < 4.78 is 16.0. The zero-order valence-corrected chi connectivity index (χ0v) is 20.2. The standard InChI is InChI=1S/C24H29N3O6S/c1-4-31-23(30)17-9-11-18(12-10-17)33-15-21(28)26-27-24(34)25-22(29)19-7-5-6-8-20(19)32-14-13-16(2)3/h5-12,16H,4,13-15H2,1-3H3,(H,26,28)(H2,25,27,29,34). The number of ether oxygens (including phenoxy) is 3. The van der Waals surface area contributed by atoms with E-state index in [1.807, 2.05) is 0 Å². The normalized spacial score (nSPS) is 10.2. The number of carbonyl (C=O) groups is 3. The van der Waals surface area contributed by atoms with Crippen molar-refractivity contribution in [3.05, 3.63) is 59.7 Å². The fourth-order valence-electron chi connectivity index (χ4n) is 2.60. The minimum Gasteiger partial charge on any atom is -0.493 e. The molecule has 0 saturated carbocycles. The zero-order chi connectivity index (χ0) is 24.9. The molecule has 0 atom stereocenters. The fraction of sp³-hybridized carbons (Fsp3) is 0.333. The lowest BCUT2D eigenvalue weighted by molar-refractivity contribution is -0.123. The third-order valence-corrected chi connectivity index (χ3v) is 4.57. The van der Waals surface area contributed by atoms with Gasteiger partial charge in [-0.1, -0.05) is 26.0 Å². The zero-order valence-electron chi connectivity index (χ0n) is 19.4. The molecule has 0 saturated heterocycles. The molecule has 2 aromatic carbocycles. The summed E-state index contributed by atoms with van der Waals surface area (Å²) >= 11 is 5.07. The van der Waals surface area contributed by atoms with E-state index in [1.165, 1.54) is 0 Å². The lowest BCUT2D eigenvalue weighted by Gasteiger charge is -2.14. The van der Waals surface area contributed by atoms with Crippen molar-refractivity contribution in [2.75, 3.05) is 19.8 Å². The van der Waals surface area contributed by atoms with Crippen LogP contribution in [-0.4, -0.2) is 42.7 Å². The second-order valence-corrected chi connectivity index (χ2v) is 7.93. The SMILES string of the molecule is CCOC(=O)c1ccc(OCC(=O)NNC(=S)NC(=O)c2ccccc2OCCC(C)C)cc1. The lowest BCUT2D eigenvalue weighted by atomic mass is 10.1. The Hall–Kier alpha value is -3.66. The first kappa shape index (κ1) is 26.6. The van der Waals surface area contributed by atoms with Gasteiger partial charge >= 0.3 is 5.97 Å². The molecule has 0 heterocycles. The van der Waals surface area contributed by atoms with Gasteiger partial charge < -0.3 is 14.2 Å². The molecule has 0 aliphatic heterocycles. The predicted molar refractivity (Wildman–Crippen MR) is 131 cm³/mol. The Morgan fingerprint density at radius 3 is 2.35 bits per heavy atom. The number of carbonyl (C=O) groups excluding carboxylic acids is 3. The molecule has 0 aliphatic rings.